The van der Waals surface area contributed by atoms with E-state index in [1.54, 1.807) is 17.0 Å². The molecule has 0 radical (unpaired) electrons. The highest BCUT2D eigenvalue weighted by Crippen LogP contribution is 2.36. The van der Waals surface area contributed by atoms with Crippen molar-refractivity contribution < 1.29 is 14.3 Å². The fourth-order valence-electron chi connectivity index (χ4n) is 3.57. The van der Waals surface area contributed by atoms with Gasteiger partial charge in [-0.05, 0) is 72.2 Å². The second kappa shape index (κ2) is 11.4. The van der Waals surface area contributed by atoms with Crippen molar-refractivity contribution in [1.82, 2.24) is 0 Å². The quantitative estimate of drug-likeness (QED) is 0.304. The molecule has 3 aromatic rings. The molecule has 1 fully saturated rings. The van der Waals surface area contributed by atoms with Crippen LogP contribution in [0.3, 0.4) is 0 Å². The first kappa shape index (κ1) is 25.5. The van der Waals surface area contributed by atoms with E-state index in [1.165, 1.54) is 17.3 Å². The van der Waals surface area contributed by atoms with Gasteiger partial charge >= 0.3 is 0 Å². The number of thiocarbonyl (C=S) groups is 1. The molecule has 184 valence electrons. The minimum absolute atomic E-state index is 0.0971. The maximum atomic E-state index is 13.0. The first-order chi connectivity index (χ1) is 17.3. The summed E-state index contributed by atoms with van der Waals surface area (Å²) in [5.74, 6) is 0.189. The molecule has 3 aromatic carbocycles. The summed E-state index contributed by atoms with van der Waals surface area (Å²) < 4.78 is 6.11. The van der Waals surface area contributed by atoms with E-state index in [1.807, 2.05) is 85.7 Å². The van der Waals surface area contributed by atoms with E-state index in [9.17, 15) is 9.59 Å². The number of anilines is 3. The minimum atomic E-state index is -0.231. The average Bonchev–Trinajstić information content (AvgIpc) is 3.16. The molecule has 0 saturated carbocycles. The highest BCUT2D eigenvalue weighted by atomic mass is 32.2. The zero-order valence-corrected chi connectivity index (χ0v) is 22.0. The summed E-state index contributed by atoms with van der Waals surface area (Å²) in [4.78, 5) is 29.3. The number of amides is 2. The van der Waals surface area contributed by atoms with E-state index in [-0.39, 0.29) is 18.4 Å². The van der Waals surface area contributed by atoms with E-state index < -0.39 is 0 Å². The molecule has 1 N–H and O–H groups in total. The van der Waals surface area contributed by atoms with Crippen molar-refractivity contribution in [2.75, 3.05) is 35.8 Å². The summed E-state index contributed by atoms with van der Waals surface area (Å²) >= 11 is 6.75. The zero-order chi connectivity index (χ0) is 25.7. The van der Waals surface area contributed by atoms with Gasteiger partial charge in [0.1, 0.15) is 5.75 Å². The third-order valence-electron chi connectivity index (χ3n) is 5.61. The summed E-state index contributed by atoms with van der Waals surface area (Å²) in [6.45, 7) is 1.99. The smallest absolute Gasteiger partial charge is 0.270 e. The van der Waals surface area contributed by atoms with E-state index in [4.69, 9.17) is 17.0 Å². The molecule has 0 unspecified atom stereocenters. The Bertz CT molecular complexity index is 1290. The number of carbonyl (C=O) groups excluding carboxylic acids is 2. The van der Waals surface area contributed by atoms with Crippen molar-refractivity contribution in [3.05, 3.63) is 88.8 Å². The second-order valence-corrected chi connectivity index (χ2v) is 10.1. The summed E-state index contributed by atoms with van der Waals surface area (Å²) in [6, 6.07) is 22.7. The predicted octanol–water partition coefficient (Wildman–Crippen LogP) is 5.74. The van der Waals surface area contributed by atoms with Crippen LogP contribution in [0.25, 0.3) is 6.08 Å². The van der Waals surface area contributed by atoms with Crippen LogP contribution in [-0.2, 0) is 16.0 Å². The number of rotatable bonds is 8. The van der Waals surface area contributed by atoms with Crippen LogP contribution in [0.15, 0.2) is 77.7 Å². The van der Waals surface area contributed by atoms with Crippen LogP contribution >= 0.6 is 24.0 Å². The van der Waals surface area contributed by atoms with Crippen molar-refractivity contribution in [3.8, 4) is 5.75 Å². The van der Waals surface area contributed by atoms with Gasteiger partial charge in [-0.3, -0.25) is 14.5 Å². The molecule has 1 aliphatic rings. The maximum Gasteiger partial charge on any atom is 0.270 e. The Kier molecular flexibility index (Phi) is 8.07. The lowest BCUT2D eigenvalue weighted by molar-refractivity contribution is -0.118. The third-order valence-corrected chi connectivity index (χ3v) is 6.91. The first-order valence-corrected chi connectivity index (χ1v) is 12.7. The lowest BCUT2D eigenvalue weighted by Gasteiger charge is -2.17. The van der Waals surface area contributed by atoms with Crippen LogP contribution in [0.5, 0.6) is 5.75 Å². The molecular formula is C28H27N3O3S2. The molecule has 8 heteroatoms. The fraction of sp³-hybridized carbons (Fsp3) is 0.179. The molecule has 1 heterocycles. The lowest BCUT2D eigenvalue weighted by atomic mass is 10.1. The Morgan fingerprint density at radius 3 is 2.31 bits per heavy atom. The lowest BCUT2D eigenvalue weighted by Crippen LogP contribution is -2.27. The van der Waals surface area contributed by atoms with Crippen molar-refractivity contribution in [2.45, 2.75) is 13.3 Å². The Morgan fingerprint density at radius 1 is 1.03 bits per heavy atom. The van der Waals surface area contributed by atoms with Crippen molar-refractivity contribution in [2.24, 2.45) is 0 Å². The van der Waals surface area contributed by atoms with Crippen LogP contribution in [-0.4, -0.2) is 36.8 Å². The highest BCUT2D eigenvalue weighted by Gasteiger charge is 2.33. The minimum Gasteiger partial charge on any atom is -0.484 e. The van der Waals surface area contributed by atoms with Gasteiger partial charge in [0, 0.05) is 25.5 Å². The van der Waals surface area contributed by atoms with Gasteiger partial charge in [-0.1, -0.05) is 55.2 Å². The maximum absolute atomic E-state index is 13.0. The summed E-state index contributed by atoms with van der Waals surface area (Å²) in [5.41, 5.74) is 4.58. The molecule has 0 atom stereocenters. The van der Waals surface area contributed by atoms with Gasteiger partial charge in [0.15, 0.2) is 10.9 Å². The number of aryl methyl sites for hydroxylation is 1. The fourth-order valence-corrected chi connectivity index (χ4v) is 4.87. The molecule has 0 aromatic heterocycles. The standard InChI is InChI=1S/C28H27N3O3S2/c1-4-19-5-9-21(10-6-19)29-26(32)18-34-24-15-7-20(8-16-24)17-25-27(33)31(28(35)36-25)23-13-11-22(12-14-23)30(2)3/h5-17H,4,18H2,1-3H3,(H,29,32)/b25-17-. The highest BCUT2D eigenvalue weighted by molar-refractivity contribution is 8.27. The topological polar surface area (TPSA) is 61.9 Å². The molecular weight excluding hydrogens is 490 g/mol. The Labute approximate surface area is 220 Å². The van der Waals surface area contributed by atoms with Gasteiger partial charge in [-0.2, -0.15) is 0 Å². The molecule has 0 spiro atoms. The van der Waals surface area contributed by atoms with E-state index in [0.29, 0.717) is 15.0 Å². The number of nitrogens with zero attached hydrogens (tertiary/aromatic N) is 2. The monoisotopic (exact) mass is 517 g/mol. The van der Waals surface area contributed by atoms with E-state index in [0.717, 1.165) is 29.0 Å². The van der Waals surface area contributed by atoms with Crippen LogP contribution in [0.4, 0.5) is 17.1 Å². The van der Waals surface area contributed by atoms with Gasteiger partial charge in [-0.25, -0.2) is 0 Å². The molecule has 0 bridgehead atoms. The molecule has 1 saturated heterocycles. The summed E-state index contributed by atoms with van der Waals surface area (Å²) in [7, 11) is 3.93. The predicted molar refractivity (Wildman–Crippen MR) is 153 cm³/mol. The Morgan fingerprint density at radius 2 is 1.69 bits per heavy atom. The van der Waals surface area contributed by atoms with Gasteiger partial charge in [0.2, 0.25) is 0 Å². The van der Waals surface area contributed by atoms with Crippen molar-refractivity contribution in [1.29, 1.82) is 0 Å². The van der Waals surface area contributed by atoms with Crippen molar-refractivity contribution in [3.63, 3.8) is 0 Å². The van der Waals surface area contributed by atoms with Crippen molar-refractivity contribution >= 4 is 63.3 Å². The second-order valence-electron chi connectivity index (χ2n) is 8.38. The van der Waals surface area contributed by atoms with Gasteiger partial charge in [-0.15, -0.1) is 0 Å². The van der Waals surface area contributed by atoms with Crippen LogP contribution < -0.4 is 19.9 Å². The molecule has 4 rings (SSSR count). The molecule has 6 nitrogen and oxygen atoms in total. The number of hydrogen-bond acceptors (Lipinski definition) is 6. The number of benzene rings is 3. The summed E-state index contributed by atoms with van der Waals surface area (Å²) in [6.07, 6.45) is 2.76. The van der Waals surface area contributed by atoms with Crippen LogP contribution in [0, 0.1) is 0 Å². The number of carbonyl (C=O) groups is 2. The number of thioether (sulfide) groups is 1. The van der Waals surface area contributed by atoms with Gasteiger partial charge in [0.25, 0.3) is 11.8 Å². The number of nitrogens with one attached hydrogen (secondary N) is 1. The molecule has 2 amide bonds. The number of ether oxygens (including phenoxy) is 1. The van der Waals surface area contributed by atoms with Gasteiger partial charge in [0.05, 0.1) is 10.6 Å². The normalized spacial score (nSPS) is 14.3. The third kappa shape index (κ3) is 6.13. The Balaban J connectivity index is 1.35. The largest absolute Gasteiger partial charge is 0.484 e. The van der Waals surface area contributed by atoms with E-state index >= 15 is 0 Å². The van der Waals surface area contributed by atoms with Gasteiger partial charge < -0.3 is 15.0 Å². The average molecular weight is 518 g/mol. The molecule has 1 aliphatic heterocycles. The van der Waals surface area contributed by atoms with Crippen LogP contribution in [0.1, 0.15) is 18.1 Å². The molecule has 36 heavy (non-hydrogen) atoms. The Hall–Kier alpha value is -3.62. The molecule has 0 aliphatic carbocycles. The van der Waals surface area contributed by atoms with Crippen LogP contribution in [0.2, 0.25) is 0 Å². The number of hydrogen-bond donors (Lipinski definition) is 1. The zero-order valence-electron chi connectivity index (χ0n) is 20.4. The van der Waals surface area contributed by atoms with E-state index in [2.05, 4.69) is 12.2 Å². The summed E-state index contributed by atoms with van der Waals surface area (Å²) in [5, 5.41) is 2.83. The first-order valence-electron chi connectivity index (χ1n) is 11.5. The SMILES string of the molecule is CCc1ccc(NC(=O)COc2ccc(/C=C3\SC(=S)N(c4ccc(N(C)C)cc4)C3=O)cc2)cc1.